The molecule has 0 saturated carbocycles. The second-order valence-corrected chi connectivity index (χ2v) is 6.67. The molecule has 0 radical (unpaired) electrons. The van der Waals surface area contributed by atoms with Gasteiger partial charge >= 0.3 is 6.18 Å². The van der Waals surface area contributed by atoms with Gasteiger partial charge in [-0.25, -0.2) is 0 Å². The summed E-state index contributed by atoms with van der Waals surface area (Å²) in [5, 5.41) is 4.39. The minimum Gasteiger partial charge on any atom is -0.372 e. The fourth-order valence-corrected chi connectivity index (χ4v) is 3.26. The third-order valence-electron chi connectivity index (χ3n) is 4.83. The molecular weight excluding hydrogens is 379 g/mol. The normalized spacial score (nSPS) is 15.8. The number of para-hydroxylation sites is 1. The van der Waals surface area contributed by atoms with Crippen molar-refractivity contribution in [3.8, 4) is 0 Å². The van der Waals surface area contributed by atoms with Crippen LogP contribution in [-0.2, 0) is 4.79 Å². The maximum absolute atomic E-state index is 13.6. The molecule has 1 aliphatic rings. The van der Waals surface area contributed by atoms with Gasteiger partial charge in [-0.1, -0.05) is 24.3 Å². The second-order valence-electron chi connectivity index (χ2n) is 6.67. The number of anilines is 2. The van der Waals surface area contributed by atoms with E-state index in [2.05, 4.69) is 10.0 Å². The predicted molar refractivity (Wildman–Crippen MR) is 110 cm³/mol. The fourth-order valence-electron chi connectivity index (χ4n) is 3.26. The van der Waals surface area contributed by atoms with Crippen LogP contribution in [0.1, 0.15) is 25.0 Å². The molecule has 0 unspecified atom stereocenters. The van der Waals surface area contributed by atoms with Gasteiger partial charge in [0.25, 0.3) is 5.91 Å². The maximum Gasteiger partial charge on any atom is 0.435 e. The summed E-state index contributed by atoms with van der Waals surface area (Å²) >= 11 is 0. The zero-order valence-electron chi connectivity index (χ0n) is 16.5. The molecule has 1 aliphatic heterocycles. The summed E-state index contributed by atoms with van der Waals surface area (Å²) in [7, 11) is 0. The molecule has 2 aromatic carbocycles. The number of halogens is 3. The molecule has 0 N–H and O–H groups in total. The lowest BCUT2D eigenvalue weighted by atomic mass is 10.0. The van der Waals surface area contributed by atoms with Gasteiger partial charge in [-0.2, -0.15) is 23.3 Å². The van der Waals surface area contributed by atoms with Crippen molar-refractivity contribution in [1.29, 1.82) is 0 Å². The Kier molecular flexibility index (Phi) is 5.77. The van der Waals surface area contributed by atoms with E-state index in [9.17, 15) is 18.0 Å². The zero-order chi connectivity index (χ0) is 21.2. The van der Waals surface area contributed by atoms with E-state index in [0.29, 0.717) is 5.56 Å². The van der Waals surface area contributed by atoms with Gasteiger partial charge in [0.15, 0.2) is 5.71 Å². The monoisotopic (exact) mass is 401 g/mol. The highest BCUT2D eigenvalue weighted by molar-refractivity contribution is 6.34. The minimum absolute atomic E-state index is 0.288. The van der Waals surface area contributed by atoms with Crippen molar-refractivity contribution in [1.82, 2.24) is 0 Å². The highest BCUT2D eigenvalue weighted by atomic mass is 19.4. The molecule has 0 spiro atoms. The molecule has 7 heteroatoms. The van der Waals surface area contributed by atoms with Crippen molar-refractivity contribution >= 4 is 29.1 Å². The maximum atomic E-state index is 13.6. The van der Waals surface area contributed by atoms with Crippen LogP contribution in [0.4, 0.5) is 24.5 Å². The van der Waals surface area contributed by atoms with Gasteiger partial charge < -0.3 is 4.90 Å². The van der Waals surface area contributed by atoms with Crippen LogP contribution in [0.2, 0.25) is 0 Å². The first-order valence-corrected chi connectivity index (χ1v) is 9.39. The van der Waals surface area contributed by atoms with E-state index >= 15 is 0 Å². The molecule has 0 bridgehead atoms. The van der Waals surface area contributed by atoms with Crippen LogP contribution in [0.15, 0.2) is 59.2 Å². The molecule has 4 nitrogen and oxygen atoms in total. The van der Waals surface area contributed by atoms with Crippen LogP contribution in [0.3, 0.4) is 0 Å². The third kappa shape index (κ3) is 4.18. The average Bonchev–Trinajstić information content (AvgIpc) is 3.02. The number of carbonyl (C=O) groups excluding carboxylic acids is 1. The van der Waals surface area contributed by atoms with Gasteiger partial charge in [-0.3, -0.25) is 4.79 Å². The number of hydrazone groups is 1. The Labute approximate surface area is 167 Å². The molecule has 0 fully saturated rings. The van der Waals surface area contributed by atoms with Gasteiger partial charge in [-0.05, 0) is 62.2 Å². The summed E-state index contributed by atoms with van der Waals surface area (Å²) in [6, 6.07) is 13.6. The summed E-state index contributed by atoms with van der Waals surface area (Å²) in [6.45, 7) is 7.54. The number of carbonyl (C=O) groups is 1. The molecule has 1 amide bonds. The Hall–Kier alpha value is -3.09. The summed E-state index contributed by atoms with van der Waals surface area (Å²) in [4.78, 5) is 14.9. The number of hydrogen-bond acceptors (Lipinski definition) is 3. The Balaban J connectivity index is 2.03. The molecule has 0 saturated heterocycles. The van der Waals surface area contributed by atoms with Crippen molar-refractivity contribution in [3.05, 3.63) is 65.2 Å². The van der Waals surface area contributed by atoms with E-state index in [1.54, 1.807) is 36.4 Å². The Morgan fingerprint density at radius 2 is 1.72 bits per heavy atom. The molecule has 0 aliphatic carbocycles. The van der Waals surface area contributed by atoms with Gasteiger partial charge in [-0.15, -0.1) is 0 Å². The lowest BCUT2D eigenvalue weighted by Gasteiger charge is -2.22. The van der Waals surface area contributed by atoms with Crippen LogP contribution in [0, 0.1) is 6.92 Å². The molecule has 152 valence electrons. The first-order valence-electron chi connectivity index (χ1n) is 9.39. The van der Waals surface area contributed by atoms with Crippen molar-refractivity contribution < 1.29 is 18.0 Å². The summed E-state index contributed by atoms with van der Waals surface area (Å²) in [5.41, 5.74) is 0.975. The van der Waals surface area contributed by atoms with Gasteiger partial charge in [0.1, 0.15) is 0 Å². The first-order chi connectivity index (χ1) is 13.8. The topological polar surface area (TPSA) is 35.9 Å². The second kappa shape index (κ2) is 8.11. The Morgan fingerprint density at radius 1 is 1.07 bits per heavy atom. The lowest BCUT2D eigenvalue weighted by Crippen LogP contribution is -2.25. The van der Waals surface area contributed by atoms with E-state index in [1.165, 1.54) is 6.08 Å². The summed E-state index contributed by atoms with van der Waals surface area (Å²) in [6.07, 6.45) is -3.46. The quantitative estimate of drug-likeness (QED) is 0.647. The number of nitrogens with zero attached hydrogens (tertiary/aromatic N) is 3. The minimum atomic E-state index is -4.74. The SMILES string of the molecule is CCN(CC)c1ccc(/C=C2\C(=O)N(c3ccccc3)N=C2C(F)(F)F)c(C)c1. The van der Waals surface area contributed by atoms with E-state index in [-0.39, 0.29) is 5.69 Å². The van der Waals surface area contributed by atoms with Gasteiger partial charge in [0, 0.05) is 18.8 Å². The predicted octanol–water partition coefficient (Wildman–Crippen LogP) is 5.19. The van der Waals surface area contributed by atoms with Crippen LogP contribution in [-0.4, -0.2) is 30.9 Å². The largest absolute Gasteiger partial charge is 0.435 e. The van der Waals surface area contributed by atoms with E-state index in [4.69, 9.17) is 0 Å². The summed E-state index contributed by atoms with van der Waals surface area (Å²) in [5.74, 6) is -0.796. The van der Waals surface area contributed by atoms with E-state index in [1.807, 2.05) is 32.9 Å². The van der Waals surface area contributed by atoms with Crippen molar-refractivity contribution in [2.45, 2.75) is 26.9 Å². The molecule has 2 aromatic rings. The highest BCUT2D eigenvalue weighted by Gasteiger charge is 2.46. The Bertz CT molecular complexity index is 961. The average molecular weight is 401 g/mol. The van der Waals surface area contributed by atoms with E-state index in [0.717, 1.165) is 29.3 Å². The van der Waals surface area contributed by atoms with E-state index < -0.39 is 23.4 Å². The van der Waals surface area contributed by atoms with Crippen molar-refractivity contribution in [2.75, 3.05) is 23.0 Å². The standard InChI is InChI=1S/C22H22F3N3O/c1-4-27(5-2)18-12-11-16(15(3)13-18)14-19-20(22(23,24)25)26-28(21(19)29)17-9-7-6-8-10-17/h6-14H,4-5H2,1-3H3/b19-14-. The number of alkyl halides is 3. The molecule has 1 heterocycles. The van der Waals surface area contributed by atoms with Crippen LogP contribution < -0.4 is 9.91 Å². The number of benzene rings is 2. The van der Waals surface area contributed by atoms with Crippen molar-refractivity contribution in [3.63, 3.8) is 0 Å². The zero-order valence-corrected chi connectivity index (χ0v) is 16.5. The molecule has 0 atom stereocenters. The smallest absolute Gasteiger partial charge is 0.372 e. The molecule has 3 rings (SSSR count). The number of amides is 1. The number of hydrogen-bond donors (Lipinski definition) is 0. The van der Waals surface area contributed by atoms with Crippen LogP contribution in [0.25, 0.3) is 6.08 Å². The number of rotatable bonds is 5. The molecule has 29 heavy (non-hydrogen) atoms. The lowest BCUT2D eigenvalue weighted by molar-refractivity contribution is -0.114. The molecule has 0 aromatic heterocycles. The van der Waals surface area contributed by atoms with Crippen molar-refractivity contribution in [2.24, 2.45) is 5.10 Å². The van der Waals surface area contributed by atoms with Gasteiger partial charge in [0.2, 0.25) is 0 Å². The summed E-state index contributed by atoms with van der Waals surface area (Å²) < 4.78 is 40.7. The van der Waals surface area contributed by atoms with Crippen LogP contribution in [0.5, 0.6) is 0 Å². The molecular formula is C22H22F3N3O. The number of aryl methyl sites for hydroxylation is 1. The highest BCUT2D eigenvalue weighted by Crippen LogP contribution is 2.33. The fraction of sp³-hybridized carbons (Fsp3) is 0.273. The first kappa shape index (κ1) is 20.6. The van der Waals surface area contributed by atoms with Crippen LogP contribution >= 0.6 is 0 Å². The Morgan fingerprint density at radius 3 is 2.28 bits per heavy atom. The van der Waals surface area contributed by atoms with Gasteiger partial charge in [0.05, 0.1) is 11.3 Å². The third-order valence-corrected chi connectivity index (χ3v) is 4.83.